The van der Waals surface area contributed by atoms with Crippen LogP contribution >= 0.6 is 0 Å². The number of hydrogen-bond donors (Lipinski definition) is 3. The highest BCUT2D eigenvalue weighted by molar-refractivity contribution is 6.09. The molecule has 5 heteroatoms. The SMILES string of the molecule is Nc1cccc(C(=O)Nc2ccccc2C(=O)NC2CCCCC2)c1. The van der Waals surface area contributed by atoms with E-state index in [1.54, 1.807) is 48.5 Å². The van der Waals surface area contributed by atoms with Crippen molar-refractivity contribution >= 4 is 23.2 Å². The Balaban J connectivity index is 1.74. The molecular formula is C20H23N3O2. The van der Waals surface area contributed by atoms with Gasteiger partial charge in [-0.2, -0.15) is 0 Å². The highest BCUT2D eigenvalue weighted by atomic mass is 16.2. The summed E-state index contributed by atoms with van der Waals surface area (Å²) >= 11 is 0. The summed E-state index contributed by atoms with van der Waals surface area (Å²) in [5.74, 6) is -0.430. The molecule has 1 aliphatic rings. The smallest absolute Gasteiger partial charge is 0.255 e. The molecular weight excluding hydrogens is 314 g/mol. The third-order valence-corrected chi connectivity index (χ3v) is 4.51. The molecule has 5 nitrogen and oxygen atoms in total. The Bertz CT molecular complexity index is 767. The van der Waals surface area contributed by atoms with Crippen molar-refractivity contribution in [1.82, 2.24) is 5.32 Å². The Morgan fingerprint density at radius 1 is 0.920 bits per heavy atom. The van der Waals surface area contributed by atoms with Crippen molar-refractivity contribution in [3.05, 3.63) is 59.7 Å². The Kier molecular flexibility index (Phi) is 5.33. The van der Waals surface area contributed by atoms with Crippen LogP contribution in [0.4, 0.5) is 11.4 Å². The van der Waals surface area contributed by atoms with Crippen molar-refractivity contribution in [3.63, 3.8) is 0 Å². The molecule has 0 atom stereocenters. The Morgan fingerprint density at radius 2 is 1.68 bits per heavy atom. The van der Waals surface area contributed by atoms with Gasteiger partial charge in [-0.3, -0.25) is 9.59 Å². The second-order valence-corrected chi connectivity index (χ2v) is 6.43. The van der Waals surface area contributed by atoms with E-state index in [4.69, 9.17) is 5.73 Å². The van der Waals surface area contributed by atoms with E-state index in [-0.39, 0.29) is 17.9 Å². The third kappa shape index (κ3) is 4.38. The summed E-state index contributed by atoms with van der Waals surface area (Å²) < 4.78 is 0. The zero-order valence-corrected chi connectivity index (χ0v) is 14.1. The standard InChI is InChI=1S/C20H23N3O2/c21-15-8-6-7-14(13-15)19(24)23-18-12-5-4-11-17(18)20(25)22-16-9-2-1-3-10-16/h4-8,11-13,16H,1-3,9-10,21H2,(H,22,25)(H,23,24). The van der Waals surface area contributed by atoms with Gasteiger partial charge in [-0.15, -0.1) is 0 Å². The monoisotopic (exact) mass is 337 g/mol. The number of nitrogens with two attached hydrogens (primary N) is 1. The van der Waals surface area contributed by atoms with Crippen molar-refractivity contribution in [2.45, 2.75) is 38.1 Å². The molecule has 4 N–H and O–H groups in total. The Morgan fingerprint density at radius 3 is 2.44 bits per heavy atom. The van der Waals surface area contributed by atoms with E-state index in [1.165, 1.54) is 6.42 Å². The van der Waals surface area contributed by atoms with E-state index in [2.05, 4.69) is 10.6 Å². The molecule has 1 aliphatic carbocycles. The molecule has 25 heavy (non-hydrogen) atoms. The van der Waals surface area contributed by atoms with Crippen molar-refractivity contribution in [3.8, 4) is 0 Å². The number of hydrogen-bond acceptors (Lipinski definition) is 3. The minimum absolute atomic E-state index is 0.143. The summed E-state index contributed by atoms with van der Waals surface area (Å²) in [5.41, 5.74) is 7.69. The molecule has 2 aromatic rings. The maximum atomic E-state index is 12.6. The number of para-hydroxylation sites is 1. The van der Waals surface area contributed by atoms with Crippen LogP contribution in [0, 0.1) is 0 Å². The summed E-state index contributed by atoms with van der Waals surface area (Å²) in [6, 6.07) is 14.0. The predicted molar refractivity (Wildman–Crippen MR) is 99.6 cm³/mol. The molecule has 1 saturated carbocycles. The predicted octanol–water partition coefficient (Wildman–Crippen LogP) is 3.58. The first-order valence-electron chi connectivity index (χ1n) is 8.70. The van der Waals surface area contributed by atoms with E-state index in [0.29, 0.717) is 22.5 Å². The van der Waals surface area contributed by atoms with Crippen LogP contribution < -0.4 is 16.4 Å². The van der Waals surface area contributed by atoms with Crippen molar-refractivity contribution in [2.24, 2.45) is 0 Å². The van der Waals surface area contributed by atoms with Crippen LogP contribution in [-0.4, -0.2) is 17.9 Å². The number of anilines is 2. The molecule has 3 rings (SSSR count). The van der Waals surface area contributed by atoms with Gasteiger partial charge in [0.1, 0.15) is 0 Å². The maximum Gasteiger partial charge on any atom is 0.255 e. The molecule has 2 amide bonds. The second kappa shape index (κ2) is 7.83. The molecule has 0 aromatic heterocycles. The molecule has 0 saturated heterocycles. The van der Waals surface area contributed by atoms with Crippen molar-refractivity contribution in [2.75, 3.05) is 11.1 Å². The fourth-order valence-corrected chi connectivity index (χ4v) is 3.17. The second-order valence-electron chi connectivity index (χ2n) is 6.43. The van der Waals surface area contributed by atoms with Gasteiger partial charge < -0.3 is 16.4 Å². The lowest BCUT2D eigenvalue weighted by atomic mass is 9.95. The number of benzene rings is 2. The highest BCUT2D eigenvalue weighted by Gasteiger charge is 2.19. The molecule has 0 unspecified atom stereocenters. The van der Waals surface area contributed by atoms with Gasteiger partial charge in [0.2, 0.25) is 0 Å². The number of nitrogen functional groups attached to an aromatic ring is 1. The van der Waals surface area contributed by atoms with Crippen LogP contribution in [-0.2, 0) is 0 Å². The molecule has 2 aromatic carbocycles. The summed E-state index contributed by atoms with van der Waals surface area (Å²) in [7, 11) is 0. The van der Waals surface area contributed by atoms with Crippen LogP contribution in [0.3, 0.4) is 0 Å². The highest BCUT2D eigenvalue weighted by Crippen LogP contribution is 2.20. The fraction of sp³-hybridized carbons (Fsp3) is 0.300. The Hall–Kier alpha value is -2.82. The van der Waals surface area contributed by atoms with Crippen LogP contribution in [0.25, 0.3) is 0 Å². The van der Waals surface area contributed by atoms with E-state index < -0.39 is 0 Å². The first kappa shape index (κ1) is 17.0. The van der Waals surface area contributed by atoms with E-state index in [0.717, 1.165) is 25.7 Å². The summed E-state index contributed by atoms with van der Waals surface area (Å²) in [4.78, 5) is 25.1. The van der Waals surface area contributed by atoms with Gasteiger partial charge in [0, 0.05) is 17.3 Å². The molecule has 0 spiro atoms. The van der Waals surface area contributed by atoms with Gasteiger partial charge in [-0.25, -0.2) is 0 Å². The summed E-state index contributed by atoms with van der Waals surface area (Å²) in [6.07, 6.45) is 5.57. The van der Waals surface area contributed by atoms with Gasteiger partial charge in [0.15, 0.2) is 0 Å². The van der Waals surface area contributed by atoms with Gasteiger partial charge in [0.25, 0.3) is 11.8 Å². The van der Waals surface area contributed by atoms with Crippen LogP contribution in [0.5, 0.6) is 0 Å². The van der Waals surface area contributed by atoms with Crippen LogP contribution in [0.15, 0.2) is 48.5 Å². The van der Waals surface area contributed by atoms with Gasteiger partial charge in [-0.05, 0) is 43.2 Å². The van der Waals surface area contributed by atoms with E-state index >= 15 is 0 Å². The third-order valence-electron chi connectivity index (χ3n) is 4.51. The van der Waals surface area contributed by atoms with E-state index in [9.17, 15) is 9.59 Å². The minimum atomic E-state index is -0.287. The first-order chi connectivity index (χ1) is 12.1. The van der Waals surface area contributed by atoms with Gasteiger partial charge >= 0.3 is 0 Å². The van der Waals surface area contributed by atoms with Crippen LogP contribution in [0.2, 0.25) is 0 Å². The Labute approximate surface area is 147 Å². The molecule has 130 valence electrons. The lowest BCUT2D eigenvalue weighted by Crippen LogP contribution is -2.36. The molecule has 0 bridgehead atoms. The fourth-order valence-electron chi connectivity index (χ4n) is 3.17. The van der Waals surface area contributed by atoms with Crippen molar-refractivity contribution in [1.29, 1.82) is 0 Å². The number of amides is 2. The molecule has 0 aliphatic heterocycles. The van der Waals surface area contributed by atoms with E-state index in [1.807, 2.05) is 0 Å². The number of carbonyl (C=O) groups is 2. The normalized spacial score (nSPS) is 14.7. The molecule has 0 radical (unpaired) electrons. The summed E-state index contributed by atoms with van der Waals surface area (Å²) in [6.45, 7) is 0. The average molecular weight is 337 g/mol. The van der Waals surface area contributed by atoms with Gasteiger partial charge in [-0.1, -0.05) is 37.5 Å². The lowest BCUT2D eigenvalue weighted by Gasteiger charge is -2.23. The van der Waals surface area contributed by atoms with Gasteiger partial charge in [0.05, 0.1) is 11.3 Å². The first-order valence-corrected chi connectivity index (χ1v) is 8.70. The quantitative estimate of drug-likeness (QED) is 0.746. The molecule has 1 fully saturated rings. The zero-order chi connectivity index (χ0) is 17.6. The number of carbonyl (C=O) groups excluding carboxylic acids is 2. The lowest BCUT2D eigenvalue weighted by molar-refractivity contribution is 0.0928. The zero-order valence-electron chi connectivity index (χ0n) is 14.1. The minimum Gasteiger partial charge on any atom is -0.399 e. The van der Waals surface area contributed by atoms with Crippen molar-refractivity contribution < 1.29 is 9.59 Å². The maximum absolute atomic E-state index is 12.6. The largest absolute Gasteiger partial charge is 0.399 e. The topological polar surface area (TPSA) is 84.2 Å². The van der Waals surface area contributed by atoms with Crippen LogP contribution in [0.1, 0.15) is 52.8 Å². The summed E-state index contributed by atoms with van der Waals surface area (Å²) in [5, 5.41) is 5.90. The molecule has 0 heterocycles. The number of rotatable bonds is 4. The number of nitrogens with one attached hydrogen (secondary N) is 2. The average Bonchev–Trinajstić information content (AvgIpc) is 2.63.